The summed E-state index contributed by atoms with van der Waals surface area (Å²) >= 11 is 0. The number of aliphatic carboxylic acids is 1. The monoisotopic (exact) mass is 293 g/mol. The molecule has 2 atom stereocenters. The lowest BCUT2D eigenvalue weighted by Crippen LogP contribution is -2.44. The highest BCUT2D eigenvalue weighted by atomic mass is 16.4. The van der Waals surface area contributed by atoms with Gasteiger partial charge in [0.25, 0.3) is 0 Å². The number of carbonyl (C=O) groups is 2. The highest BCUT2D eigenvalue weighted by Crippen LogP contribution is 2.23. The van der Waals surface area contributed by atoms with Gasteiger partial charge in [0.05, 0.1) is 18.4 Å². The predicted octanol–water partition coefficient (Wildman–Crippen LogP) is 2.75. The first-order valence-electron chi connectivity index (χ1n) is 7.70. The van der Waals surface area contributed by atoms with Gasteiger partial charge in [-0.3, -0.25) is 9.59 Å². The van der Waals surface area contributed by atoms with Crippen molar-refractivity contribution >= 4 is 11.9 Å². The summed E-state index contributed by atoms with van der Waals surface area (Å²) in [5.74, 6) is -1.33. The normalized spacial score (nSPS) is 23.0. The van der Waals surface area contributed by atoms with Crippen molar-refractivity contribution in [2.24, 2.45) is 5.92 Å². The van der Waals surface area contributed by atoms with Crippen LogP contribution in [0.25, 0.3) is 0 Å². The van der Waals surface area contributed by atoms with Gasteiger partial charge in [-0.25, -0.2) is 0 Å². The molecular weight excluding hydrogens is 270 g/mol. The third-order valence-corrected chi connectivity index (χ3v) is 4.15. The Balaban J connectivity index is 1.87. The van der Waals surface area contributed by atoms with Gasteiger partial charge in [-0.1, -0.05) is 25.7 Å². The smallest absolute Gasteiger partial charge is 0.308 e. The van der Waals surface area contributed by atoms with E-state index in [1.165, 1.54) is 0 Å². The number of furan rings is 1. The Morgan fingerprint density at radius 2 is 2.00 bits per heavy atom. The van der Waals surface area contributed by atoms with Crippen molar-refractivity contribution in [3.05, 3.63) is 24.2 Å². The summed E-state index contributed by atoms with van der Waals surface area (Å²) < 4.78 is 4.97. The lowest BCUT2D eigenvalue weighted by molar-refractivity contribution is -0.143. The molecule has 2 N–H and O–H groups in total. The van der Waals surface area contributed by atoms with Crippen LogP contribution in [0.5, 0.6) is 0 Å². The molecular formula is C16H23NO4. The van der Waals surface area contributed by atoms with Gasteiger partial charge in [0.1, 0.15) is 0 Å². The van der Waals surface area contributed by atoms with Gasteiger partial charge < -0.3 is 14.8 Å². The summed E-state index contributed by atoms with van der Waals surface area (Å²) in [6.07, 6.45) is 9.73. The van der Waals surface area contributed by atoms with Crippen LogP contribution in [-0.2, 0) is 16.0 Å². The predicted molar refractivity (Wildman–Crippen MR) is 77.8 cm³/mol. The highest BCUT2D eigenvalue weighted by molar-refractivity contribution is 5.78. The van der Waals surface area contributed by atoms with Gasteiger partial charge in [-0.05, 0) is 30.9 Å². The summed E-state index contributed by atoms with van der Waals surface area (Å²) in [6.45, 7) is 0. The van der Waals surface area contributed by atoms with E-state index in [9.17, 15) is 14.7 Å². The zero-order chi connectivity index (χ0) is 15.1. The van der Waals surface area contributed by atoms with Crippen LogP contribution in [0, 0.1) is 5.92 Å². The Hall–Kier alpha value is -1.78. The molecule has 1 amide bonds. The van der Waals surface area contributed by atoms with E-state index >= 15 is 0 Å². The molecule has 5 nitrogen and oxygen atoms in total. The molecule has 2 unspecified atom stereocenters. The lowest BCUT2D eigenvalue weighted by Gasteiger charge is -2.27. The molecule has 0 aromatic carbocycles. The number of rotatable bonds is 5. The van der Waals surface area contributed by atoms with Crippen molar-refractivity contribution in [3.63, 3.8) is 0 Å². The number of carboxylic acid groups (broad SMARTS) is 1. The molecule has 1 heterocycles. The Bertz CT molecular complexity index is 455. The molecule has 116 valence electrons. The molecule has 5 heteroatoms. The van der Waals surface area contributed by atoms with Gasteiger partial charge in [-0.15, -0.1) is 0 Å². The van der Waals surface area contributed by atoms with E-state index in [-0.39, 0.29) is 11.9 Å². The van der Waals surface area contributed by atoms with Crippen LogP contribution >= 0.6 is 0 Å². The number of nitrogens with one attached hydrogen (secondary N) is 1. The van der Waals surface area contributed by atoms with E-state index in [4.69, 9.17) is 4.42 Å². The largest absolute Gasteiger partial charge is 0.481 e. The molecule has 1 fully saturated rings. The molecule has 0 bridgehead atoms. The molecule has 0 spiro atoms. The second kappa shape index (κ2) is 7.86. The number of amides is 1. The number of carboxylic acids is 1. The fourth-order valence-corrected chi connectivity index (χ4v) is 2.92. The van der Waals surface area contributed by atoms with Crippen molar-refractivity contribution in [1.82, 2.24) is 5.32 Å². The maximum atomic E-state index is 12.0. The van der Waals surface area contributed by atoms with Gasteiger partial charge in [0.15, 0.2) is 0 Å². The number of carbonyl (C=O) groups excluding carboxylic acids is 1. The standard InChI is InChI=1S/C16H23NO4/c18-15(8-7-12-9-10-21-11-12)17-14-6-4-2-1-3-5-13(14)16(19)20/h9-11,13-14H,1-8H2,(H,17,18)(H,19,20). The van der Waals surface area contributed by atoms with Crippen molar-refractivity contribution in [2.45, 2.75) is 57.4 Å². The quantitative estimate of drug-likeness (QED) is 0.875. The third-order valence-electron chi connectivity index (χ3n) is 4.15. The van der Waals surface area contributed by atoms with Crippen molar-refractivity contribution in [2.75, 3.05) is 0 Å². The topological polar surface area (TPSA) is 79.5 Å². The molecule has 0 aliphatic heterocycles. The fourth-order valence-electron chi connectivity index (χ4n) is 2.92. The van der Waals surface area contributed by atoms with E-state index in [0.29, 0.717) is 19.3 Å². The Morgan fingerprint density at radius 1 is 1.24 bits per heavy atom. The fraction of sp³-hybridized carbons (Fsp3) is 0.625. The zero-order valence-corrected chi connectivity index (χ0v) is 12.2. The SMILES string of the molecule is O=C(CCc1ccoc1)NC1CCCCCCC1C(=O)O. The Morgan fingerprint density at radius 3 is 2.67 bits per heavy atom. The second-order valence-electron chi connectivity index (χ2n) is 5.74. The van der Waals surface area contributed by atoms with E-state index in [1.807, 2.05) is 6.07 Å². The number of hydrogen-bond donors (Lipinski definition) is 2. The minimum atomic E-state index is -0.794. The average Bonchev–Trinajstić information content (AvgIpc) is 2.92. The van der Waals surface area contributed by atoms with Crippen molar-refractivity contribution < 1.29 is 19.1 Å². The summed E-state index contributed by atoms with van der Waals surface area (Å²) in [7, 11) is 0. The van der Waals surface area contributed by atoms with Gasteiger partial charge >= 0.3 is 5.97 Å². The van der Waals surface area contributed by atoms with Crippen LogP contribution in [0.2, 0.25) is 0 Å². The first kappa shape index (κ1) is 15.6. The molecule has 0 radical (unpaired) electrons. The van der Waals surface area contributed by atoms with E-state index in [2.05, 4.69) is 5.32 Å². The minimum Gasteiger partial charge on any atom is -0.481 e. The summed E-state index contributed by atoms with van der Waals surface area (Å²) in [6, 6.07) is 1.60. The Labute approximate surface area is 124 Å². The van der Waals surface area contributed by atoms with Crippen LogP contribution in [0.1, 0.15) is 50.5 Å². The van der Waals surface area contributed by atoms with Crippen LogP contribution in [0.15, 0.2) is 23.0 Å². The summed E-state index contributed by atoms with van der Waals surface area (Å²) in [5.41, 5.74) is 0.984. The number of aryl methyl sites for hydroxylation is 1. The molecule has 1 aromatic heterocycles. The van der Waals surface area contributed by atoms with Crippen LogP contribution in [0.4, 0.5) is 0 Å². The molecule has 1 aliphatic carbocycles. The first-order valence-corrected chi connectivity index (χ1v) is 7.70. The maximum Gasteiger partial charge on any atom is 0.308 e. The summed E-state index contributed by atoms with van der Waals surface area (Å²) in [5, 5.41) is 12.3. The second-order valence-corrected chi connectivity index (χ2v) is 5.74. The molecule has 0 saturated heterocycles. The van der Waals surface area contributed by atoms with Gasteiger partial charge in [0.2, 0.25) is 5.91 Å². The van der Waals surface area contributed by atoms with Crippen molar-refractivity contribution in [1.29, 1.82) is 0 Å². The Kier molecular flexibility index (Phi) is 5.84. The molecule has 1 saturated carbocycles. The lowest BCUT2D eigenvalue weighted by atomic mass is 9.86. The maximum absolute atomic E-state index is 12.0. The van der Waals surface area contributed by atoms with Crippen LogP contribution in [-0.4, -0.2) is 23.0 Å². The molecule has 1 aromatic rings. The van der Waals surface area contributed by atoms with Gasteiger partial charge in [-0.2, -0.15) is 0 Å². The van der Waals surface area contributed by atoms with E-state index in [0.717, 1.165) is 37.7 Å². The molecule has 2 rings (SSSR count). The highest BCUT2D eigenvalue weighted by Gasteiger charge is 2.29. The molecule has 1 aliphatic rings. The van der Waals surface area contributed by atoms with Crippen molar-refractivity contribution in [3.8, 4) is 0 Å². The zero-order valence-electron chi connectivity index (χ0n) is 12.2. The minimum absolute atomic E-state index is 0.0759. The van der Waals surface area contributed by atoms with E-state index < -0.39 is 11.9 Å². The molecule has 21 heavy (non-hydrogen) atoms. The average molecular weight is 293 g/mol. The first-order chi connectivity index (χ1) is 10.2. The van der Waals surface area contributed by atoms with Crippen LogP contribution < -0.4 is 5.32 Å². The number of hydrogen-bond acceptors (Lipinski definition) is 3. The van der Waals surface area contributed by atoms with Gasteiger partial charge in [0, 0.05) is 12.5 Å². The summed E-state index contributed by atoms with van der Waals surface area (Å²) in [4.78, 5) is 23.4. The van der Waals surface area contributed by atoms with E-state index in [1.54, 1.807) is 12.5 Å². The van der Waals surface area contributed by atoms with Crippen LogP contribution in [0.3, 0.4) is 0 Å². The third kappa shape index (κ3) is 4.92.